The second kappa shape index (κ2) is 5.19. The molecule has 4 nitrogen and oxygen atoms in total. The van der Waals surface area contributed by atoms with Crippen LogP contribution in [0.5, 0.6) is 0 Å². The average molecular weight is 237 g/mol. The minimum absolute atomic E-state index is 0.533. The first-order valence-electron chi connectivity index (χ1n) is 6.32. The molecule has 0 saturated heterocycles. The highest BCUT2D eigenvalue weighted by Gasteiger charge is 2.45. The van der Waals surface area contributed by atoms with Gasteiger partial charge in [0, 0.05) is 32.9 Å². The number of hydrogen-bond donors (Lipinski definition) is 1. The summed E-state index contributed by atoms with van der Waals surface area (Å²) in [6.07, 6.45) is 5.23. The van der Waals surface area contributed by atoms with Crippen LogP contribution in [0.2, 0.25) is 0 Å². The molecule has 1 atom stereocenters. The summed E-state index contributed by atoms with van der Waals surface area (Å²) in [7, 11) is 1.72. The van der Waals surface area contributed by atoms with Gasteiger partial charge in [-0.3, -0.25) is 0 Å². The standard InChI is InChI=1S/C13H23N3O/c1-13(2)6-11(13)9-16-10-15-8-12(16)7-14-4-5-17-3/h8,10-11,14H,4-7,9H2,1-3H3. The molecule has 0 aromatic carbocycles. The summed E-state index contributed by atoms with van der Waals surface area (Å²) in [5.41, 5.74) is 1.80. The van der Waals surface area contributed by atoms with E-state index in [1.165, 1.54) is 12.1 Å². The third-order valence-corrected chi connectivity index (χ3v) is 3.72. The van der Waals surface area contributed by atoms with E-state index in [-0.39, 0.29) is 0 Å². The maximum atomic E-state index is 5.01. The molecular weight excluding hydrogens is 214 g/mol. The Bertz CT molecular complexity index is 359. The Morgan fingerprint density at radius 3 is 3.00 bits per heavy atom. The topological polar surface area (TPSA) is 39.1 Å². The number of rotatable bonds is 7. The van der Waals surface area contributed by atoms with Crippen molar-refractivity contribution in [1.82, 2.24) is 14.9 Å². The van der Waals surface area contributed by atoms with Gasteiger partial charge in [0.2, 0.25) is 0 Å². The zero-order chi connectivity index (χ0) is 12.3. The van der Waals surface area contributed by atoms with Crippen LogP contribution >= 0.6 is 0 Å². The lowest BCUT2D eigenvalue weighted by Crippen LogP contribution is -2.20. The third kappa shape index (κ3) is 3.30. The second-order valence-corrected chi connectivity index (χ2v) is 5.60. The number of imidazole rings is 1. The van der Waals surface area contributed by atoms with E-state index in [0.29, 0.717) is 5.41 Å². The second-order valence-electron chi connectivity index (χ2n) is 5.60. The molecule has 0 aliphatic heterocycles. The molecule has 0 spiro atoms. The lowest BCUT2D eigenvalue weighted by Gasteiger charge is -2.10. The van der Waals surface area contributed by atoms with Gasteiger partial charge in [0.05, 0.1) is 18.6 Å². The molecule has 1 N–H and O–H groups in total. The third-order valence-electron chi connectivity index (χ3n) is 3.72. The van der Waals surface area contributed by atoms with Crippen LogP contribution in [0.4, 0.5) is 0 Å². The molecule has 17 heavy (non-hydrogen) atoms. The number of methoxy groups -OCH3 is 1. The number of aromatic nitrogens is 2. The van der Waals surface area contributed by atoms with E-state index < -0.39 is 0 Å². The van der Waals surface area contributed by atoms with Gasteiger partial charge in [0.1, 0.15) is 0 Å². The van der Waals surface area contributed by atoms with Gasteiger partial charge in [-0.05, 0) is 17.8 Å². The van der Waals surface area contributed by atoms with Gasteiger partial charge in [-0.15, -0.1) is 0 Å². The monoisotopic (exact) mass is 237 g/mol. The first-order chi connectivity index (χ1) is 8.13. The van der Waals surface area contributed by atoms with Crippen LogP contribution in [0.1, 0.15) is 26.0 Å². The lowest BCUT2D eigenvalue weighted by molar-refractivity contribution is 0.199. The Balaban J connectivity index is 1.80. The average Bonchev–Trinajstić information content (AvgIpc) is 2.71. The first kappa shape index (κ1) is 12.6. The van der Waals surface area contributed by atoms with Crippen LogP contribution in [-0.2, 0) is 17.8 Å². The molecule has 0 bridgehead atoms. The molecule has 96 valence electrons. The zero-order valence-electron chi connectivity index (χ0n) is 11.1. The zero-order valence-corrected chi connectivity index (χ0v) is 11.1. The van der Waals surface area contributed by atoms with E-state index in [1.807, 2.05) is 12.5 Å². The Kier molecular flexibility index (Phi) is 3.84. The van der Waals surface area contributed by atoms with Crippen LogP contribution in [0.15, 0.2) is 12.5 Å². The van der Waals surface area contributed by atoms with Crippen molar-refractivity contribution in [3.8, 4) is 0 Å². The summed E-state index contributed by atoms with van der Waals surface area (Å²) < 4.78 is 7.29. The summed E-state index contributed by atoms with van der Waals surface area (Å²) in [6, 6.07) is 0. The van der Waals surface area contributed by atoms with Crippen LogP contribution in [-0.4, -0.2) is 29.8 Å². The fourth-order valence-electron chi connectivity index (χ4n) is 2.18. The number of nitrogens with zero attached hydrogens (tertiary/aromatic N) is 2. The van der Waals surface area contributed by atoms with Crippen LogP contribution in [0, 0.1) is 11.3 Å². The maximum absolute atomic E-state index is 5.01. The van der Waals surface area contributed by atoms with Crippen molar-refractivity contribution in [2.45, 2.75) is 33.4 Å². The molecule has 4 heteroatoms. The predicted molar refractivity (Wildman–Crippen MR) is 67.7 cm³/mol. The van der Waals surface area contributed by atoms with Crippen molar-refractivity contribution in [1.29, 1.82) is 0 Å². The summed E-state index contributed by atoms with van der Waals surface area (Å²) in [5, 5.41) is 3.36. The van der Waals surface area contributed by atoms with Gasteiger partial charge in [-0.2, -0.15) is 0 Å². The minimum Gasteiger partial charge on any atom is -0.383 e. The molecule has 2 rings (SSSR count). The van der Waals surface area contributed by atoms with Crippen LogP contribution in [0.3, 0.4) is 0 Å². The molecule has 1 aromatic heterocycles. The van der Waals surface area contributed by atoms with Crippen molar-refractivity contribution in [2.75, 3.05) is 20.3 Å². The van der Waals surface area contributed by atoms with E-state index in [9.17, 15) is 0 Å². The lowest BCUT2D eigenvalue weighted by atomic mass is 10.1. The maximum Gasteiger partial charge on any atom is 0.0948 e. The fraction of sp³-hybridized carbons (Fsp3) is 0.769. The van der Waals surface area contributed by atoms with Crippen LogP contribution < -0.4 is 5.32 Å². The molecule has 1 aliphatic rings. The van der Waals surface area contributed by atoms with Crippen molar-refractivity contribution < 1.29 is 4.74 Å². The number of hydrogen-bond acceptors (Lipinski definition) is 3. The van der Waals surface area contributed by atoms with Crippen molar-refractivity contribution in [3.63, 3.8) is 0 Å². The SMILES string of the molecule is COCCNCc1cncn1CC1CC1(C)C. The number of ether oxygens (including phenoxy) is 1. The van der Waals surface area contributed by atoms with E-state index in [2.05, 4.69) is 28.7 Å². The Morgan fingerprint density at radius 2 is 2.35 bits per heavy atom. The molecule has 1 fully saturated rings. The summed E-state index contributed by atoms with van der Waals surface area (Å²) >= 11 is 0. The summed E-state index contributed by atoms with van der Waals surface area (Å²) in [6.45, 7) is 8.29. The first-order valence-corrected chi connectivity index (χ1v) is 6.32. The Labute approximate surface area is 103 Å². The normalized spacial score (nSPS) is 21.7. The quantitative estimate of drug-likeness (QED) is 0.733. The minimum atomic E-state index is 0.533. The van der Waals surface area contributed by atoms with Gasteiger partial charge in [-0.25, -0.2) is 4.98 Å². The Morgan fingerprint density at radius 1 is 1.59 bits per heavy atom. The molecule has 1 unspecified atom stereocenters. The van der Waals surface area contributed by atoms with Crippen molar-refractivity contribution in [3.05, 3.63) is 18.2 Å². The highest BCUT2D eigenvalue weighted by molar-refractivity contribution is 5.02. The molecular formula is C13H23N3O. The fourth-order valence-corrected chi connectivity index (χ4v) is 2.18. The molecule has 1 aromatic rings. The van der Waals surface area contributed by atoms with Gasteiger partial charge < -0.3 is 14.6 Å². The molecule has 0 amide bonds. The highest BCUT2D eigenvalue weighted by atomic mass is 16.5. The summed E-state index contributed by atoms with van der Waals surface area (Å²) in [5.74, 6) is 0.814. The highest BCUT2D eigenvalue weighted by Crippen LogP contribution is 2.52. The van der Waals surface area contributed by atoms with Gasteiger partial charge >= 0.3 is 0 Å². The molecule has 0 radical (unpaired) electrons. The molecule has 1 saturated carbocycles. The Hall–Kier alpha value is -0.870. The van der Waals surface area contributed by atoms with Gasteiger partial charge in [0.25, 0.3) is 0 Å². The van der Waals surface area contributed by atoms with E-state index in [1.54, 1.807) is 7.11 Å². The predicted octanol–water partition coefficient (Wildman–Crippen LogP) is 1.67. The summed E-state index contributed by atoms with van der Waals surface area (Å²) in [4.78, 5) is 4.24. The van der Waals surface area contributed by atoms with E-state index in [4.69, 9.17) is 4.74 Å². The van der Waals surface area contributed by atoms with E-state index >= 15 is 0 Å². The molecule has 1 aliphatic carbocycles. The van der Waals surface area contributed by atoms with Gasteiger partial charge in [-0.1, -0.05) is 13.8 Å². The van der Waals surface area contributed by atoms with E-state index in [0.717, 1.165) is 32.2 Å². The van der Waals surface area contributed by atoms with Gasteiger partial charge in [0.15, 0.2) is 0 Å². The smallest absolute Gasteiger partial charge is 0.0948 e. The largest absolute Gasteiger partial charge is 0.383 e. The molecule has 1 heterocycles. The number of nitrogens with one attached hydrogen (secondary N) is 1. The van der Waals surface area contributed by atoms with Crippen molar-refractivity contribution in [2.24, 2.45) is 11.3 Å². The van der Waals surface area contributed by atoms with Crippen molar-refractivity contribution >= 4 is 0 Å². The van der Waals surface area contributed by atoms with Crippen LogP contribution in [0.25, 0.3) is 0 Å².